The Bertz CT molecular complexity index is 847. The SMILES string of the molecule is CCCOc1ccc(C(=O)Nc2cccc(C(=O)N3CCCCC3)c2)cc1Br. The highest BCUT2D eigenvalue weighted by Crippen LogP contribution is 2.26. The highest BCUT2D eigenvalue weighted by Gasteiger charge is 2.18. The molecule has 2 aromatic rings. The van der Waals surface area contributed by atoms with Gasteiger partial charge in [0.2, 0.25) is 0 Å². The number of ether oxygens (including phenoxy) is 1. The quantitative estimate of drug-likeness (QED) is 0.672. The van der Waals surface area contributed by atoms with Gasteiger partial charge in [-0.3, -0.25) is 9.59 Å². The molecule has 0 atom stereocenters. The number of halogens is 1. The number of nitrogens with zero attached hydrogens (tertiary/aromatic N) is 1. The van der Waals surface area contributed by atoms with Crippen LogP contribution >= 0.6 is 15.9 Å². The lowest BCUT2D eigenvalue weighted by atomic mass is 10.1. The normalized spacial score (nSPS) is 13.9. The Morgan fingerprint density at radius 1 is 1.07 bits per heavy atom. The molecule has 148 valence electrons. The fourth-order valence-electron chi connectivity index (χ4n) is 3.18. The highest BCUT2D eigenvalue weighted by molar-refractivity contribution is 9.10. The summed E-state index contributed by atoms with van der Waals surface area (Å²) in [4.78, 5) is 27.2. The van der Waals surface area contributed by atoms with Crippen LogP contribution in [0.5, 0.6) is 5.75 Å². The lowest BCUT2D eigenvalue weighted by Crippen LogP contribution is -2.35. The van der Waals surface area contributed by atoms with Crippen molar-refractivity contribution >= 4 is 33.4 Å². The molecule has 0 unspecified atom stereocenters. The molecule has 0 bridgehead atoms. The van der Waals surface area contributed by atoms with Gasteiger partial charge in [0.05, 0.1) is 11.1 Å². The first-order chi connectivity index (χ1) is 13.6. The van der Waals surface area contributed by atoms with E-state index in [1.165, 1.54) is 6.42 Å². The minimum atomic E-state index is -0.231. The summed E-state index contributed by atoms with van der Waals surface area (Å²) in [5, 5.41) is 2.87. The molecule has 2 aromatic carbocycles. The third kappa shape index (κ3) is 5.13. The van der Waals surface area contributed by atoms with Crippen molar-refractivity contribution in [1.82, 2.24) is 4.90 Å². The number of piperidine rings is 1. The molecular weight excluding hydrogens is 420 g/mol. The standard InChI is InChI=1S/C22H25BrN2O3/c1-2-13-28-20-10-9-16(15-19(20)23)21(26)24-18-8-6-7-17(14-18)22(27)25-11-4-3-5-12-25/h6-10,14-15H,2-5,11-13H2,1H3,(H,24,26). The Hall–Kier alpha value is -2.34. The van der Waals surface area contributed by atoms with Crippen LogP contribution in [0.1, 0.15) is 53.3 Å². The molecule has 0 spiro atoms. The van der Waals surface area contributed by atoms with Crippen LogP contribution in [-0.4, -0.2) is 36.4 Å². The molecule has 0 radical (unpaired) electrons. The van der Waals surface area contributed by atoms with Crippen LogP contribution in [0.4, 0.5) is 5.69 Å². The van der Waals surface area contributed by atoms with Crippen molar-refractivity contribution in [3.05, 3.63) is 58.1 Å². The van der Waals surface area contributed by atoms with Gasteiger partial charge in [-0.1, -0.05) is 13.0 Å². The molecule has 1 fully saturated rings. The van der Waals surface area contributed by atoms with Crippen molar-refractivity contribution in [1.29, 1.82) is 0 Å². The van der Waals surface area contributed by atoms with E-state index in [1.54, 1.807) is 42.5 Å². The van der Waals surface area contributed by atoms with Crippen LogP contribution in [0.3, 0.4) is 0 Å². The average Bonchev–Trinajstić information content (AvgIpc) is 2.73. The van der Waals surface area contributed by atoms with Gasteiger partial charge in [-0.25, -0.2) is 0 Å². The van der Waals surface area contributed by atoms with E-state index in [4.69, 9.17) is 4.74 Å². The van der Waals surface area contributed by atoms with Gasteiger partial charge < -0.3 is 15.0 Å². The summed E-state index contributed by atoms with van der Waals surface area (Å²) in [6, 6.07) is 12.4. The minimum absolute atomic E-state index is 0.0240. The van der Waals surface area contributed by atoms with Gasteiger partial charge in [0.25, 0.3) is 11.8 Å². The molecule has 1 heterocycles. The van der Waals surface area contributed by atoms with Crippen LogP contribution in [-0.2, 0) is 0 Å². The van der Waals surface area contributed by atoms with E-state index >= 15 is 0 Å². The Balaban J connectivity index is 1.68. The first kappa shape index (κ1) is 20.4. The Kier molecular flexibility index (Phi) is 7.09. The Morgan fingerprint density at radius 3 is 2.57 bits per heavy atom. The predicted octanol–water partition coefficient (Wildman–Crippen LogP) is 5.12. The number of likely N-dealkylation sites (tertiary alicyclic amines) is 1. The van der Waals surface area contributed by atoms with E-state index < -0.39 is 0 Å². The number of hydrogen-bond donors (Lipinski definition) is 1. The van der Waals surface area contributed by atoms with E-state index in [2.05, 4.69) is 21.2 Å². The van der Waals surface area contributed by atoms with Gasteiger partial charge >= 0.3 is 0 Å². The maximum Gasteiger partial charge on any atom is 0.255 e. The van der Waals surface area contributed by atoms with Crippen LogP contribution in [0.25, 0.3) is 0 Å². The minimum Gasteiger partial charge on any atom is -0.492 e. The summed E-state index contributed by atoms with van der Waals surface area (Å²) in [5.41, 5.74) is 1.72. The molecule has 1 aliphatic rings. The molecule has 0 saturated carbocycles. The van der Waals surface area contributed by atoms with Crippen LogP contribution in [0.15, 0.2) is 46.9 Å². The monoisotopic (exact) mass is 444 g/mol. The molecule has 1 aliphatic heterocycles. The first-order valence-electron chi connectivity index (χ1n) is 9.71. The number of nitrogens with one attached hydrogen (secondary N) is 1. The third-order valence-corrected chi connectivity index (χ3v) is 5.29. The zero-order chi connectivity index (χ0) is 19.9. The number of carbonyl (C=O) groups excluding carboxylic acids is 2. The molecule has 1 saturated heterocycles. The van der Waals surface area contributed by atoms with Crippen molar-refractivity contribution in [2.75, 3.05) is 25.0 Å². The van der Waals surface area contributed by atoms with E-state index in [0.717, 1.165) is 36.8 Å². The second-order valence-electron chi connectivity index (χ2n) is 6.88. The third-order valence-electron chi connectivity index (χ3n) is 4.67. The zero-order valence-corrected chi connectivity index (χ0v) is 17.6. The van der Waals surface area contributed by atoms with Crippen molar-refractivity contribution < 1.29 is 14.3 Å². The van der Waals surface area contributed by atoms with E-state index in [1.807, 2.05) is 11.8 Å². The first-order valence-corrected chi connectivity index (χ1v) is 10.5. The predicted molar refractivity (Wildman–Crippen MR) is 114 cm³/mol. The maximum atomic E-state index is 12.7. The van der Waals surface area contributed by atoms with E-state index in [0.29, 0.717) is 29.2 Å². The van der Waals surface area contributed by atoms with Crippen molar-refractivity contribution in [3.8, 4) is 5.75 Å². The van der Waals surface area contributed by atoms with Crippen molar-refractivity contribution in [2.24, 2.45) is 0 Å². The summed E-state index contributed by atoms with van der Waals surface area (Å²) in [6.45, 7) is 4.27. The van der Waals surface area contributed by atoms with Crippen molar-refractivity contribution in [3.63, 3.8) is 0 Å². The van der Waals surface area contributed by atoms with Gasteiger partial charge in [-0.15, -0.1) is 0 Å². The largest absolute Gasteiger partial charge is 0.492 e. The second kappa shape index (κ2) is 9.73. The fourth-order valence-corrected chi connectivity index (χ4v) is 3.68. The smallest absolute Gasteiger partial charge is 0.255 e. The van der Waals surface area contributed by atoms with E-state index in [-0.39, 0.29) is 11.8 Å². The van der Waals surface area contributed by atoms with Gasteiger partial charge in [-0.2, -0.15) is 0 Å². The highest BCUT2D eigenvalue weighted by atomic mass is 79.9. The molecule has 2 amide bonds. The zero-order valence-electron chi connectivity index (χ0n) is 16.0. The Labute approximate surface area is 174 Å². The summed E-state index contributed by atoms with van der Waals surface area (Å²) in [6.07, 6.45) is 4.20. The topological polar surface area (TPSA) is 58.6 Å². The van der Waals surface area contributed by atoms with Crippen LogP contribution in [0.2, 0.25) is 0 Å². The number of rotatable bonds is 6. The number of carbonyl (C=O) groups is 2. The lowest BCUT2D eigenvalue weighted by Gasteiger charge is -2.26. The molecular formula is C22H25BrN2O3. The molecule has 0 aliphatic carbocycles. The van der Waals surface area contributed by atoms with Gasteiger partial charge in [0.15, 0.2) is 0 Å². The lowest BCUT2D eigenvalue weighted by molar-refractivity contribution is 0.0724. The molecule has 6 heteroatoms. The van der Waals surface area contributed by atoms with Gasteiger partial charge in [-0.05, 0) is 78.0 Å². The van der Waals surface area contributed by atoms with Crippen LogP contribution in [0, 0.1) is 0 Å². The average molecular weight is 445 g/mol. The summed E-state index contributed by atoms with van der Waals surface area (Å²) in [7, 11) is 0. The maximum absolute atomic E-state index is 12.7. The molecule has 1 N–H and O–H groups in total. The number of benzene rings is 2. The van der Waals surface area contributed by atoms with Crippen LogP contribution < -0.4 is 10.1 Å². The summed E-state index contributed by atoms with van der Waals surface area (Å²) in [5.74, 6) is 0.508. The van der Waals surface area contributed by atoms with E-state index in [9.17, 15) is 9.59 Å². The fraction of sp³-hybridized carbons (Fsp3) is 0.364. The number of amides is 2. The molecule has 5 nitrogen and oxygen atoms in total. The number of anilines is 1. The number of hydrogen-bond acceptors (Lipinski definition) is 3. The molecule has 28 heavy (non-hydrogen) atoms. The van der Waals surface area contributed by atoms with Crippen molar-refractivity contribution in [2.45, 2.75) is 32.6 Å². The van der Waals surface area contributed by atoms with Gasteiger partial charge in [0, 0.05) is 29.9 Å². The molecule has 0 aromatic heterocycles. The Morgan fingerprint density at radius 2 is 1.86 bits per heavy atom. The summed E-state index contributed by atoms with van der Waals surface area (Å²) < 4.78 is 6.36. The second-order valence-corrected chi connectivity index (χ2v) is 7.74. The molecule has 3 rings (SSSR count). The van der Waals surface area contributed by atoms with Gasteiger partial charge in [0.1, 0.15) is 5.75 Å². The summed E-state index contributed by atoms with van der Waals surface area (Å²) >= 11 is 3.45.